The van der Waals surface area contributed by atoms with Gasteiger partial charge >= 0.3 is 5.97 Å². The van der Waals surface area contributed by atoms with E-state index in [-0.39, 0.29) is 17.7 Å². The summed E-state index contributed by atoms with van der Waals surface area (Å²) in [5, 5.41) is 0. The molecule has 0 N–H and O–H groups in total. The Balaban J connectivity index is 1.98. The molecular formula is C14H18FNO2. The number of likely N-dealkylation sites (tertiary alicyclic amines) is 1. The molecule has 1 aromatic carbocycles. The molecule has 0 saturated carbocycles. The highest BCUT2D eigenvalue weighted by Crippen LogP contribution is 2.20. The normalized spacial score (nSPS) is 20.7. The molecule has 1 aromatic rings. The van der Waals surface area contributed by atoms with Crippen LogP contribution in [0.3, 0.4) is 0 Å². The Morgan fingerprint density at radius 3 is 3.00 bits per heavy atom. The summed E-state index contributed by atoms with van der Waals surface area (Å²) in [5.41, 5.74) is 0.683. The first-order chi connectivity index (χ1) is 8.70. The summed E-state index contributed by atoms with van der Waals surface area (Å²) in [5.74, 6) is -0.415. The van der Waals surface area contributed by atoms with Gasteiger partial charge < -0.3 is 4.74 Å². The molecule has 0 amide bonds. The number of ether oxygens (including phenoxy) is 1. The van der Waals surface area contributed by atoms with Gasteiger partial charge in [-0.05, 0) is 25.5 Å². The lowest BCUT2D eigenvalue weighted by Crippen LogP contribution is -2.38. The van der Waals surface area contributed by atoms with Crippen LogP contribution in [0.15, 0.2) is 24.3 Å². The number of hydrogen-bond acceptors (Lipinski definition) is 3. The number of nitrogens with zero attached hydrogens (tertiary/aromatic N) is 1. The van der Waals surface area contributed by atoms with E-state index >= 15 is 0 Å². The van der Waals surface area contributed by atoms with Crippen LogP contribution in [0.4, 0.5) is 4.39 Å². The Morgan fingerprint density at radius 1 is 1.50 bits per heavy atom. The second-order valence-corrected chi connectivity index (χ2v) is 4.69. The molecule has 1 unspecified atom stereocenters. The molecule has 1 aliphatic heterocycles. The van der Waals surface area contributed by atoms with Gasteiger partial charge in [-0.15, -0.1) is 0 Å². The van der Waals surface area contributed by atoms with E-state index in [1.165, 1.54) is 13.2 Å². The second-order valence-electron chi connectivity index (χ2n) is 4.69. The van der Waals surface area contributed by atoms with Crippen molar-refractivity contribution >= 4 is 5.97 Å². The Bertz CT molecular complexity index is 422. The van der Waals surface area contributed by atoms with Crippen LogP contribution in [0.1, 0.15) is 18.4 Å². The molecule has 98 valence electrons. The fourth-order valence-corrected chi connectivity index (χ4v) is 2.43. The van der Waals surface area contributed by atoms with Crippen LogP contribution in [-0.4, -0.2) is 31.1 Å². The van der Waals surface area contributed by atoms with E-state index in [1.807, 2.05) is 6.07 Å². The highest BCUT2D eigenvalue weighted by molar-refractivity contribution is 5.72. The largest absolute Gasteiger partial charge is 0.469 e. The van der Waals surface area contributed by atoms with Crippen LogP contribution in [0.25, 0.3) is 0 Å². The fourth-order valence-electron chi connectivity index (χ4n) is 2.43. The molecule has 0 spiro atoms. The van der Waals surface area contributed by atoms with E-state index in [0.717, 1.165) is 19.4 Å². The van der Waals surface area contributed by atoms with Crippen molar-refractivity contribution in [2.24, 2.45) is 5.92 Å². The lowest BCUT2D eigenvalue weighted by Gasteiger charge is -2.31. The average Bonchev–Trinajstić information content (AvgIpc) is 2.41. The van der Waals surface area contributed by atoms with Crippen LogP contribution in [-0.2, 0) is 16.1 Å². The van der Waals surface area contributed by atoms with E-state index in [4.69, 9.17) is 4.74 Å². The lowest BCUT2D eigenvalue weighted by atomic mass is 9.98. The molecule has 0 aromatic heterocycles. The molecule has 0 radical (unpaired) electrons. The van der Waals surface area contributed by atoms with Crippen molar-refractivity contribution in [2.75, 3.05) is 20.2 Å². The van der Waals surface area contributed by atoms with Crippen LogP contribution in [0.2, 0.25) is 0 Å². The summed E-state index contributed by atoms with van der Waals surface area (Å²) in [6.45, 7) is 2.11. The zero-order valence-electron chi connectivity index (χ0n) is 10.6. The Morgan fingerprint density at radius 2 is 2.28 bits per heavy atom. The summed E-state index contributed by atoms with van der Waals surface area (Å²) in [4.78, 5) is 13.6. The van der Waals surface area contributed by atoms with Gasteiger partial charge in [0.1, 0.15) is 5.82 Å². The molecule has 1 fully saturated rings. The second kappa shape index (κ2) is 5.96. The van der Waals surface area contributed by atoms with Gasteiger partial charge in [-0.2, -0.15) is 0 Å². The van der Waals surface area contributed by atoms with Gasteiger partial charge in [0, 0.05) is 18.7 Å². The van der Waals surface area contributed by atoms with Gasteiger partial charge in [-0.1, -0.05) is 18.2 Å². The first-order valence-electron chi connectivity index (χ1n) is 6.24. The highest BCUT2D eigenvalue weighted by Gasteiger charge is 2.26. The quantitative estimate of drug-likeness (QED) is 0.771. The monoisotopic (exact) mass is 251 g/mol. The molecule has 0 bridgehead atoms. The minimum atomic E-state index is -0.183. The summed E-state index contributed by atoms with van der Waals surface area (Å²) in [7, 11) is 1.41. The summed E-state index contributed by atoms with van der Waals surface area (Å²) < 4.78 is 18.3. The topological polar surface area (TPSA) is 29.5 Å². The minimum Gasteiger partial charge on any atom is -0.469 e. The van der Waals surface area contributed by atoms with Crippen LogP contribution < -0.4 is 0 Å². The van der Waals surface area contributed by atoms with Crippen LogP contribution in [0.5, 0.6) is 0 Å². The molecular weight excluding hydrogens is 233 g/mol. The number of carbonyl (C=O) groups excluding carboxylic acids is 1. The molecule has 1 saturated heterocycles. The molecule has 3 nitrogen and oxygen atoms in total. The van der Waals surface area contributed by atoms with Gasteiger partial charge in [-0.3, -0.25) is 9.69 Å². The van der Waals surface area contributed by atoms with Crippen molar-refractivity contribution in [3.8, 4) is 0 Å². The zero-order valence-corrected chi connectivity index (χ0v) is 10.6. The third-order valence-corrected chi connectivity index (χ3v) is 3.39. The number of esters is 1. The SMILES string of the molecule is COC(=O)C1CCCN(Cc2ccccc2F)C1. The smallest absolute Gasteiger partial charge is 0.309 e. The fraction of sp³-hybridized carbons (Fsp3) is 0.500. The number of carbonyl (C=O) groups is 1. The van der Waals surface area contributed by atoms with E-state index in [2.05, 4.69) is 4.90 Å². The minimum absolute atomic E-state index is 0.0736. The van der Waals surface area contributed by atoms with Gasteiger partial charge in [0.05, 0.1) is 13.0 Å². The maximum atomic E-state index is 13.5. The van der Waals surface area contributed by atoms with E-state index in [9.17, 15) is 9.18 Å². The molecule has 4 heteroatoms. The van der Waals surface area contributed by atoms with Gasteiger partial charge in [0.25, 0.3) is 0 Å². The lowest BCUT2D eigenvalue weighted by molar-refractivity contribution is -0.147. The predicted molar refractivity (Wildman–Crippen MR) is 66.4 cm³/mol. The number of rotatable bonds is 3. The highest BCUT2D eigenvalue weighted by atomic mass is 19.1. The van der Waals surface area contributed by atoms with Gasteiger partial charge in [-0.25, -0.2) is 4.39 Å². The van der Waals surface area contributed by atoms with Crippen molar-refractivity contribution in [2.45, 2.75) is 19.4 Å². The summed E-state index contributed by atoms with van der Waals surface area (Å²) in [6.07, 6.45) is 1.81. The maximum absolute atomic E-state index is 13.5. The van der Waals surface area contributed by atoms with Crippen molar-refractivity contribution in [3.05, 3.63) is 35.6 Å². The Hall–Kier alpha value is -1.42. The van der Waals surface area contributed by atoms with Crippen molar-refractivity contribution < 1.29 is 13.9 Å². The predicted octanol–water partition coefficient (Wildman–Crippen LogP) is 2.21. The molecule has 18 heavy (non-hydrogen) atoms. The third-order valence-electron chi connectivity index (χ3n) is 3.39. The zero-order chi connectivity index (χ0) is 13.0. The van der Waals surface area contributed by atoms with E-state index in [0.29, 0.717) is 18.7 Å². The number of halogens is 1. The Labute approximate surface area is 107 Å². The first-order valence-corrected chi connectivity index (χ1v) is 6.24. The summed E-state index contributed by atoms with van der Waals surface area (Å²) >= 11 is 0. The molecule has 0 aliphatic carbocycles. The molecule has 1 heterocycles. The van der Waals surface area contributed by atoms with E-state index in [1.54, 1.807) is 12.1 Å². The number of piperidine rings is 1. The number of hydrogen-bond donors (Lipinski definition) is 0. The Kier molecular flexibility index (Phi) is 4.31. The molecule has 1 atom stereocenters. The maximum Gasteiger partial charge on any atom is 0.309 e. The molecule has 1 aliphatic rings. The third kappa shape index (κ3) is 3.07. The standard InChI is InChI=1S/C14H18FNO2/c1-18-14(17)12-6-4-8-16(10-12)9-11-5-2-3-7-13(11)15/h2-3,5,7,12H,4,6,8-10H2,1H3. The van der Waals surface area contributed by atoms with E-state index < -0.39 is 0 Å². The number of methoxy groups -OCH3 is 1. The van der Waals surface area contributed by atoms with Gasteiger partial charge in [0.15, 0.2) is 0 Å². The van der Waals surface area contributed by atoms with Crippen molar-refractivity contribution in [1.29, 1.82) is 0 Å². The first kappa shape index (κ1) is 13.0. The van der Waals surface area contributed by atoms with Gasteiger partial charge in [0.2, 0.25) is 0 Å². The molecule has 2 rings (SSSR count). The van der Waals surface area contributed by atoms with Crippen LogP contribution in [0, 0.1) is 11.7 Å². The number of benzene rings is 1. The van der Waals surface area contributed by atoms with Crippen molar-refractivity contribution in [3.63, 3.8) is 0 Å². The average molecular weight is 251 g/mol. The van der Waals surface area contributed by atoms with Crippen LogP contribution >= 0.6 is 0 Å². The van der Waals surface area contributed by atoms with Crippen molar-refractivity contribution in [1.82, 2.24) is 4.90 Å². The summed E-state index contributed by atoms with van der Waals surface area (Å²) in [6, 6.07) is 6.78.